The highest BCUT2D eigenvalue weighted by atomic mass is 16.5. The maximum absolute atomic E-state index is 11.9. The highest BCUT2D eigenvalue weighted by Gasteiger charge is 2.21. The van der Waals surface area contributed by atoms with E-state index in [1.807, 2.05) is 46.8 Å². The summed E-state index contributed by atoms with van der Waals surface area (Å²) < 4.78 is 5.55. The summed E-state index contributed by atoms with van der Waals surface area (Å²) in [6.45, 7) is 9.02. The van der Waals surface area contributed by atoms with Crippen molar-refractivity contribution in [1.29, 1.82) is 0 Å². The number of hydrogen-bond donors (Lipinski definition) is 3. The Morgan fingerprint density at radius 1 is 1.08 bits per heavy atom. The van der Waals surface area contributed by atoms with E-state index < -0.39 is 23.8 Å². The molecule has 0 saturated carbocycles. The van der Waals surface area contributed by atoms with Crippen LogP contribution in [0.3, 0.4) is 0 Å². The molecule has 0 unspecified atom stereocenters. The van der Waals surface area contributed by atoms with Crippen LogP contribution in [0.2, 0.25) is 0 Å². The molecule has 0 aliphatic carbocycles. The fraction of sp³-hybridized carbons (Fsp3) is 0.526. The van der Waals surface area contributed by atoms with E-state index in [0.29, 0.717) is 12.2 Å². The van der Waals surface area contributed by atoms with Crippen molar-refractivity contribution in [1.82, 2.24) is 10.6 Å². The van der Waals surface area contributed by atoms with E-state index in [2.05, 4.69) is 10.6 Å². The molecule has 0 radical (unpaired) electrons. The average molecular weight is 364 g/mol. The van der Waals surface area contributed by atoms with E-state index in [1.165, 1.54) is 0 Å². The standard InChI is InChI=1S/C19H28N2O5/c1-11(2)6-15(19(24)25)21-16(22)9-20-17(23)10-26-18-13(4)7-12(3)8-14(18)5/h7-8,11,15H,6,9-10H2,1-5H3,(H,20,23)(H,21,22)(H,24,25)/t15-/m0/s1. The Bertz CT molecular complexity index is 647. The zero-order chi connectivity index (χ0) is 19.9. The third-order valence-electron chi connectivity index (χ3n) is 3.74. The lowest BCUT2D eigenvalue weighted by Crippen LogP contribution is -2.46. The fourth-order valence-corrected chi connectivity index (χ4v) is 2.70. The number of aryl methyl sites for hydroxylation is 3. The molecule has 2 amide bonds. The molecule has 0 bridgehead atoms. The minimum Gasteiger partial charge on any atom is -0.483 e. The van der Waals surface area contributed by atoms with E-state index >= 15 is 0 Å². The molecule has 1 atom stereocenters. The second-order valence-corrected chi connectivity index (χ2v) is 6.88. The highest BCUT2D eigenvalue weighted by Crippen LogP contribution is 2.24. The van der Waals surface area contributed by atoms with Gasteiger partial charge in [0.15, 0.2) is 6.61 Å². The number of aliphatic carboxylic acids is 1. The first-order valence-electron chi connectivity index (χ1n) is 8.59. The van der Waals surface area contributed by atoms with Crippen molar-refractivity contribution in [2.75, 3.05) is 13.2 Å². The number of benzene rings is 1. The number of carboxylic acids is 1. The Morgan fingerprint density at radius 2 is 1.65 bits per heavy atom. The predicted octanol–water partition coefficient (Wildman–Crippen LogP) is 1.72. The molecule has 1 aromatic rings. The maximum atomic E-state index is 11.9. The van der Waals surface area contributed by atoms with Gasteiger partial charge < -0.3 is 20.5 Å². The van der Waals surface area contributed by atoms with E-state index in [-0.39, 0.29) is 19.1 Å². The lowest BCUT2D eigenvalue weighted by molar-refractivity contribution is -0.142. The molecular formula is C19H28N2O5. The van der Waals surface area contributed by atoms with Crippen LogP contribution in [-0.2, 0) is 14.4 Å². The first-order valence-corrected chi connectivity index (χ1v) is 8.59. The maximum Gasteiger partial charge on any atom is 0.326 e. The van der Waals surface area contributed by atoms with Gasteiger partial charge in [0.05, 0.1) is 6.54 Å². The highest BCUT2D eigenvalue weighted by molar-refractivity contribution is 5.88. The van der Waals surface area contributed by atoms with Crippen molar-refractivity contribution >= 4 is 17.8 Å². The molecule has 3 N–H and O–H groups in total. The molecule has 0 fully saturated rings. The molecule has 0 heterocycles. The van der Waals surface area contributed by atoms with Gasteiger partial charge in [0.1, 0.15) is 11.8 Å². The van der Waals surface area contributed by atoms with Crippen molar-refractivity contribution in [3.05, 3.63) is 28.8 Å². The van der Waals surface area contributed by atoms with Gasteiger partial charge in [-0.3, -0.25) is 9.59 Å². The number of nitrogens with one attached hydrogen (secondary N) is 2. The third kappa shape index (κ3) is 7.13. The largest absolute Gasteiger partial charge is 0.483 e. The smallest absolute Gasteiger partial charge is 0.326 e. The Kier molecular flexibility index (Phi) is 8.09. The summed E-state index contributed by atoms with van der Waals surface area (Å²) in [5.74, 6) is -1.31. The Morgan fingerprint density at radius 3 is 2.15 bits per heavy atom. The summed E-state index contributed by atoms with van der Waals surface area (Å²) in [6.07, 6.45) is 0.324. The summed E-state index contributed by atoms with van der Waals surface area (Å²) in [4.78, 5) is 34.8. The van der Waals surface area contributed by atoms with Crippen LogP contribution in [0.1, 0.15) is 37.0 Å². The van der Waals surface area contributed by atoms with Gasteiger partial charge in [-0.25, -0.2) is 4.79 Å². The molecule has 1 rings (SSSR count). The van der Waals surface area contributed by atoms with Crippen LogP contribution in [0.15, 0.2) is 12.1 Å². The van der Waals surface area contributed by atoms with E-state index in [1.54, 1.807) is 0 Å². The summed E-state index contributed by atoms with van der Waals surface area (Å²) in [5.41, 5.74) is 2.99. The second-order valence-electron chi connectivity index (χ2n) is 6.88. The lowest BCUT2D eigenvalue weighted by atomic mass is 10.0. The Balaban J connectivity index is 2.47. The van der Waals surface area contributed by atoms with Crippen LogP contribution in [0.5, 0.6) is 5.75 Å². The lowest BCUT2D eigenvalue weighted by Gasteiger charge is -2.17. The monoisotopic (exact) mass is 364 g/mol. The first kappa shape index (κ1) is 21.5. The topological polar surface area (TPSA) is 105 Å². The number of carboxylic acid groups (broad SMARTS) is 1. The molecule has 144 valence electrons. The van der Waals surface area contributed by atoms with Crippen molar-refractivity contribution in [3.8, 4) is 5.75 Å². The average Bonchev–Trinajstić information content (AvgIpc) is 2.50. The van der Waals surface area contributed by atoms with Crippen molar-refractivity contribution in [2.45, 2.75) is 47.1 Å². The molecular weight excluding hydrogens is 336 g/mol. The zero-order valence-electron chi connectivity index (χ0n) is 16.0. The molecule has 1 aromatic carbocycles. The van der Waals surface area contributed by atoms with E-state index in [4.69, 9.17) is 9.84 Å². The molecule has 7 nitrogen and oxygen atoms in total. The summed E-state index contributed by atoms with van der Waals surface area (Å²) >= 11 is 0. The molecule has 0 aliphatic heterocycles. The normalized spacial score (nSPS) is 11.8. The third-order valence-corrected chi connectivity index (χ3v) is 3.74. The van der Waals surface area contributed by atoms with Gasteiger partial charge in [-0.15, -0.1) is 0 Å². The second kappa shape index (κ2) is 9.79. The Hall–Kier alpha value is -2.57. The SMILES string of the molecule is Cc1cc(C)c(OCC(=O)NCC(=O)N[C@@H](CC(C)C)C(=O)O)c(C)c1. The summed E-state index contributed by atoms with van der Waals surface area (Å²) in [6, 6.07) is 2.97. The molecule has 0 aromatic heterocycles. The van der Waals surface area contributed by atoms with Gasteiger partial charge in [-0.1, -0.05) is 31.5 Å². The number of carbonyl (C=O) groups is 3. The fourth-order valence-electron chi connectivity index (χ4n) is 2.70. The molecule has 26 heavy (non-hydrogen) atoms. The number of carbonyl (C=O) groups excluding carboxylic acids is 2. The van der Waals surface area contributed by atoms with Crippen LogP contribution in [0.4, 0.5) is 0 Å². The van der Waals surface area contributed by atoms with Gasteiger partial charge in [0, 0.05) is 0 Å². The number of hydrogen-bond acceptors (Lipinski definition) is 4. The zero-order valence-corrected chi connectivity index (χ0v) is 16.0. The number of rotatable bonds is 9. The minimum atomic E-state index is -1.09. The number of ether oxygens (including phenoxy) is 1. The molecule has 0 aliphatic rings. The van der Waals surface area contributed by atoms with Gasteiger partial charge in [-0.05, 0) is 44.2 Å². The summed E-state index contributed by atoms with van der Waals surface area (Å²) in [7, 11) is 0. The van der Waals surface area contributed by atoms with Crippen molar-refractivity contribution in [3.63, 3.8) is 0 Å². The Labute approximate surface area is 154 Å². The molecule has 0 spiro atoms. The first-order chi connectivity index (χ1) is 12.1. The van der Waals surface area contributed by atoms with Crippen LogP contribution in [0, 0.1) is 26.7 Å². The predicted molar refractivity (Wildman–Crippen MR) is 98.2 cm³/mol. The quantitative estimate of drug-likeness (QED) is 0.619. The van der Waals surface area contributed by atoms with Crippen LogP contribution >= 0.6 is 0 Å². The van der Waals surface area contributed by atoms with Crippen LogP contribution < -0.4 is 15.4 Å². The molecule has 0 saturated heterocycles. The van der Waals surface area contributed by atoms with Crippen molar-refractivity contribution < 1.29 is 24.2 Å². The van der Waals surface area contributed by atoms with Gasteiger partial charge in [-0.2, -0.15) is 0 Å². The molecule has 7 heteroatoms. The van der Waals surface area contributed by atoms with E-state index in [0.717, 1.165) is 16.7 Å². The van der Waals surface area contributed by atoms with Gasteiger partial charge >= 0.3 is 5.97 Å². The minimum absolute atomic E-state index is 0.125. The summed E-state index contributed by atoms with van der Waals surface area (Å²) in [5, 5.41) is 13.9. The van der Waals surface area contributed by atoms with Gasteiger partial charge in [0.2, 0.25) is 5.91 Å². The van der Waals surface area contributed by atoms with Gasteiger partial charge in [0.25, 0.3) is 5.91 Å². The number of amides is 2. The van der Waals surface area contributed by atoms with Crippen LogP contribution in [-0.4, -0.2) is 42.1 Å². The van der Waals surface area contributed by atoms with Crippen LogP contribution in [0.25, 0.3) is 0 Å². The van der Waals surface area contributed by atoms with E-state index in [9.17, 15) is 14.4 Å². The van der Waals surface area contributed by atoms with Crippen molar-refractivity contribution in [2.24, 2.45) is 5.92 Å².